The van der Waals surface area contributed by atoms with Crippen LogP contribution in [0.5, 0.6) is 0 Å². The average Bonchev–Trinajstić information content (AvgIpc) is 2.46. The molecule has 0 N–H and O–H groups in total. The number of rotatable bonds is 2. The van der Waals surface area contributed by atoms with Crippen LogP contribution in [0.15, 0.2) is 18.2 Å². The molecule has 20 heavy (non-hydrogen) atoms. The van der Waals surface area contributed by atoms with E-state index >= 15 is 0 Å². The van der Waals surface area contributed by atoms with Gasteiger partial charge in [-0.25, -0.2) is 4.39 Å². The van der Waals surface area contributed by atoms with Crippen molar-refractivity contribution in [2.24, 2.45) is 0 Å². The number of nitriles is 1. The van der Waals surface area contributed by atoms with E-state index in [0.717, 1.165) is 6.07 Å². The minimum atomic E-state index is -0.459. The molecule has 1 saturated heterocycles. The summed E-state index contributed by atoms with van der Waals surface area (Å²) in [7, 11) is 0. The van der Waals surface area contributed by atoms with Gasteiger partial charge in [-0.15, -0.1) is 0 Å². The summed E-state index contributed by atoms with van der Waals surface area (Å²) in [6.07, 6.45) is 0. The summed E-state index contributed by atoms with van der Waals surface area (Å²) >= 11 is 5.90. The van der Waals surface area contributed by atoms with Crippen molar-refractivity contribution in [3.8, 4) is 6.07 Å². The molecule has 1 aliphatic heterocycles. The minimum absolute atomic E-state index is 0.128. The van der Waals surface area contributed by atoms with Crippen LogP contribution in [-0.4, -0.2) is 47.9 Å². The van der Waals surface area contributed by atoms with E-state index < -0.39 is 5.82 Å². The molecular weight excluding hydrogens is 281 g/mol. The molecule has 1 aromatic carbocycles. The zero-order valence-electron chi connectivity index (χ0n) is 11.1. The zero-order chi connectivity index (χ0) is 14.7. The Morgan fingerprint density at radius 3 is 2.60 bits per heavy atom. The molecule has 1 fully saturated rings. The van der Waals surface area contributed by atoms with Gasteiger partial charge in [0.25, 0.3) is 5.91 Å². The average molecular weight is 296 g/mol. The topological polar surface area (TPSA) is 47.3 Å². The van der Waals surface area contributed by atoms with Crippen LogP contribution in [-0.2, 0) is 0 Å². The van der Waals surface area contributed by atoms with Crippen LogP contribution in [0.1, 0.15) is 17.3 Å². The summed E-state index contributed by atoms with van der Waals surface area (Å²) in [5, 5.41) is 9.00. The number of hydrogen-bond acceptors (Lipinski definition) is 3. The van der Waals surface area contributed by atoms with Crippen molar-refractivity contribution < 1.29 is 9.18 Å². The van der Waals surface area contributed by atoms with Crippen LogP contribution < -0.4 is 0 Å². The number of piperazine rings is 1. The van der Waals surface area contributed by atoms with E-state index in [1.807, 2.05) is 11.8 Å². The minimum Gasteiger partial charge on any atom is -0.336 e. The predicted octanol–water partition coefficient (Wildman–Crippen LogP) is 2.15. The van der Waals surface area contributed by atoms with E-state index in [1.165, 1.54) is 12.1 Å². The molecule has 1 unspecified atom stereocenters. The van der Waals surface area contributed by atoms with Crippen molar-refractivity contribution in [2.45, 2.75) is 13.0 Å². The largest absolute Gasteiger partial charge is 0.336 e. The summed E-state index contributed by atoms with van der Waals surface area (Å²) in [6, 6.07) is 5.81. The molecule has 4 nitrogen and oxygen atoms in total. The monoisotopic (exact) mass is 295 g/mol. The van der Waals surface area contributed by atoms with Gasteiger partial charge in [0.15, 0.2) is 0 Å². The molecule has 1 amide bonds. The third-order valence-corrected chi connectivity index (χ3v) is 3.81. The van der Waals surface area contributed by atoms with Crippen LogP contribution in [0.2, 0.25) is 5.02 Å². The number of amides is 1. The van der Waals surface area contributed by atoms with Crippen molar-refractivity contribution in [3.63, 3.8) is 0 Å². The summed E-state index contributed by atoms with van der Waals surface area (Å²) in [4.78, 5) is 16.0. The van der Waals surface area contributed by atoms with Crippen molar-refractivity contribution >= 4 is 17.5 Å². The molecule has 1 aromatic rings. The normalized spacial score (nSPS) is 17.6. The second-order valence-electron chi connectivity index (χ2n) is 4.76. The Balaban J connectivity index is 2.04. The summed E-state index contributed by atoms with van der Waals surface area (Å²) < 4.78 is 13.0. The fourth-order valence-corrected chi connectivity index (χ4v) is 2.48. The molecule has 0 spiro atoms. The van der Waals surface area contributed by atoms with Crippen LogP contribution in [0.3, 0.4) is 0 Å². The van der Waals surface area contributed by atoms with Crippen LogP contribution in [0, 0.1) is 17.1 Å². The van der Waals surface area contributed by atoms with E-state index in [1.54, 1.807) is 4.90 Å². The maximum Gasteiger partial charge on any atom is 0.255 e. The molecular formula is C14H15ClFN3O. The molecule has 1 atom stereocenters. The van der Waals surface area contributed by atoms with Gasteiger partial charge in [0, 0.05) is 26.2 Å². The molecule has 1 heterocycles. The van der Waals surface area contributed by atoms with Gasteiger partial charge in [0.05, 0.1) is 22.7 Å². The molecule has 0 saturated carbocycles. The first-order valence-electron chi connectivity index (χ1n) is 6.41. The fraction of sp³-hybridized carbons (Fsp3) is 0.429. The maximum atomic E-state index is 13.0. The van der Waals surface area contributed by atoms with E-state index in [4.69, 9.17) is 16.9 Å². The van der Waals surface area contributed by atoms with Gasteiger partial charge in [0.1, 0.15) is 5.82 Å². The first kappa shape index (κ1) is 14.8. The van der Waals surface area contributed by atoms with Crippen molar-refractivity contribution in [1.29, 1.82) is 5.26 Å². The third-order valence-electron chi connectivity index (χ3n) is 3.50. The highest BCUT2D eigenvalue weighted by molar-refractivity contribution is 6.33. The first-order valence-corrected chi connectivity index (χ1v) is 6.78. The Morgan fingerprint density at radius 2 is 2.05 bits per heavy atom. The van der Waals surface area contributed by atoms with Crippen molar-refractivity contribution in [1.82, 2.24) is 9.80 Å². The highest BCUT2D eigenvalue weighted by atomic mass is 35.5. The van der Waals surface area contributed by atoms with Crippen LogP contribution in [0.25, 0.3) is 0 Å². The van der Waals surface area contributed by atoms with E-state index in [0.29, 0.717) is 31.7 Å². The molecule has 0 aromatic heterocycles. The van der Waals surface area contributed by atoms with Crippen molar-refractivity contribution in [3.05, 3.63) is 34.6 Å². The van der Waals surface area contributed by atoms with Crippen LogP contribution >= 0.6 is 11.6 Å². The van der Waals surface area contributed by atoms with E-state index in [9.17, 15) is 9.18 Å². The van der Waals surface area contributed by atoms with Gasteiger partial charge in [-0.1, -0.05) is 11.6 Å². The quantitative estimate of drug-likeness (QED) is 0.840. The lowest BCUT2D eigenvalue weighted by Gasteiger charge is -2.36. The lowest BCUT2D eigenvalue weighted by molar-refractivity contribution is 0.0616. The van der Waals surface area contributed by atoms with Gasteiger partial charge in [-0.2, -0.15) is 5.26 Å². The Bertz CT molecular complexity index is 550. The molecule has 2 rings (SSSR count). The van der Waals surface area contributed by atoms with Gasteiger partial charge in [-0.05, 0) is 25.1 Å². The number of nitrogens with zero attached hydrogens (tertiary/aromatic N) is 3. The maximum absolute atomic E-state index is 13.0. The van der Waals surface area contributed by atoms with Gasteiger partial charge < -0.3 is 4.90 Å². The summed E-state index contributed by atoms with van der Waals surface area (Å²) in [6.45, 7) is 4.23. The molecule has 6 heteroatoms. The lowest BCUT2D eigenvalue weighted by atomic mass is 10.1. The Morgan fingerprint density at radius 1 is 1.40 bits per heavy atom. The predicted molar refractivity (Wildman–Crippen MR) is 74.0 cm³/mol. The van der Waals surface area contributed by atoms with E-state index in [2.05, 4.69) is 6.07 Å². The molecule has 106 valence electrons. The Hall–Kier alpha value is -1.64. The Labute approximate surface area is 122 Å². The van der Waals surface area contributed by atoms with Gasteiger partial charge in [-0.3, -0.25) is 9.69 Å². The molecule has 1 aliphatic rings. The molecule has 0 aliphatic carbocycles. The highest BCUT2D eigenvalue weighted by Gasteiger charge is 2.25. The van der Waals surface area contributed by atoms with E-state index in [-0.39, 0.29) is 17.0 Å². The van der Waals surface area contributed by atoms with Crippen molar-refractivity contribution in [2.75, 3.05) is 26.2 Å². The number of halogens is 2. The first-order chi connectivity index (χ1) is 9.52. The lowest BCUT2D eigenvalue weighted by Crippen LogP contribution is -2.51. The smallest absolute Gasteiger partial charge is 0.255 e. The number of carbonyl (C=O) groups is 1. The Kier molecular flexibility index (Phi) is 4.58. The van der Waals surface area contributed by atoms with Gasteiger partial charge in [0.2, 0.25) is 0 Å². The second kappa shape index (κ2) is 6.21. The fourth-order valence-electron chi connectivity index (χ4n) is 2.23. The summed E-state index contributed by atoms with van der Waals surface area (Å²) in [5.74, 6) is -0.654. The third kappa shape index (κ3) is 3.09. The van der Waals surface area contributed by atoms with Crippen LogP contribution in [0.4, 0.5) is 4.39 Å². The molecule has 0 radical (unpaired) electrons. The number of hydrogen-bond donors (Lipinski definition) is 0. The highest BCUT2D eigenvalue weighted by Crippen LogP contribution is 2.20. The number of carbonyl (C=O) groups excluding carboxylic acids is 1. The molecule has 0 bridgehead atoms. The van der Waals surface area contributed by atoms with Gasteiger partial charge >= 0.3 is 0 Å². The summed E-state index contributed by atoms with van der Waals surface area (Å²) in [5.41, 5.74) is 0.315. The SMILES string of the molecule is CC(C#N)N1CCN(C(=O)c2ccc(F)cc2Cl)CC1. The zero-order valence-corrected chi connectivity index (χ0v) is 11.9. The number of benzene rings is 1. The standard InChI is InChI=1S/C14H15ClFN3O/c1-10(9-17)18-4-6-19(7-5-18)14(20)12-3-2-11(16)8-13(12)15/h2-3,8,10H,4-7H2,1H3. The second-order valence-corrected chi connectivity index (χ2v) is 5.16.